The van der Waals surface area contributed by atoms with Gasteiger partial charge in [0.2, 0.25) is 0 Å². The number of nitrogens with two attached hydrogens (primary N) is 1. The topological polar surface area (TPSA) is 89.2 Å². The SMILES string of the molecule is COc1nc(N2CCNCC2)c2cc(C(F)F)c(-c3ccc(F)c4sc(N)nc34)c(F)c2n1. The predicted molar refractivity (Wildman–Crippen MR) is 119 cm³/mol. The van der Waals surface area contributed by atoms with Gasteiger partial charge < -0.3 is 20.7 Å². The maximum atomic E-state index is 16.0. The van der Waals surface area contributed by atoms with E-state index in [4.69, 9.17) is 10.5 Å². The molecule has 172 valence electrons. The Labute approximate surface area is 189 Å². The molecule has 33 heavy (non-hydrogen) atoms. The van der Waals surface area contributed by atoms with Crippen LogP contribution in [0.15, 0.2) is 18.2 Å². The van der Waals surface area contributed by atoms with Gasteiger partial charge in [-0.25, -0.2) is 22.5 Å². The van der Waals surface area contributed by atoms with Crippen molar-refractivity contribution in [2.24, 2.45) is 0 Å². The molecule has 0 aliphatic carbocycles. The third kappa shape index (κ3) is 3.59. The number of benzene rings is 2. The molecule has 1 aliphatic heterocycles. The number of halogens is 4. The zero-order chi connectivity index (χ0) is 23.3. The van der Waals surface area contributed by atoms with Crippen LogP contribution < -0.4 is 20.7 Å². The summed E-state index contributed by atoms with van der Waals surface area (Å²) in [6.07, 6.45) is -3.02. The molecular formula is C21H18F4N6OS. The molecule has 3 heterocycles. The highest BCUT2D eigenvalue weighted by Gasteiger charge is 2.28. The van der Waals surface area contributed by atoms with E-state index in [1.807, 2.05) is 4.90 Å². The number of nitrogens with zero attached hydrogens (tertiary/aromatic N) is 4. The fourth-order valence-corrected chi connectivity index (χ4v) is 4.82. The first-order valence-electron chi connectivity index (χ1n) is 10.1. The zero-order valence-electron chi connectivity index (χ0n) is 17.3. The largest absolute Gasteiger partial charge is 0.467 e. The van der Waals surface area contributed by atoms with E-state index in [-0.39, 0.29) is 37.8 Å². The highest BCUT2D eigenvalue weighted by atomic mass is 32.1. The number of nitrogens with one attached hydrogen (secondary N) is 1. The Kier molecular flexibility index (Phi) is 5.41. The number of anilines is 2. The van der Waals surface area contributed by atoms with Gasteiger partial charge in [0.05, 0.1) is 17.3 Å². The first-order chi connectivity index (χ1) is 15.9. The third-order valence-corrected chi connectivity index (χ3v) is 6.43. The first kappa shape index (κ1) is 21.6. The number of aromatic nitrogens is 3. The molecule has 0 radical (unpaired) electrons. The van der Waals surface area contributed by atoms with Crippen molar-refractivity contribution in [3.8, 4) is 17.1 Å². The van der Waals surface area contributed by atoms with Gasteiger partial charge in [0, 0.05) is 48.3 Å². The summed E-state index contributed by atoms with van der Waals surface area (Å²) in [7, 11) is 1.34. The minimum atomic E-state index is -3.02. The number of rotatable bonds is 4. The Morgan fingerprint density at radius 2 is 1.88 bits per heavy atom. The molecule has 0 bridgehead atoms. The van der Waals surface area contributed by atoms with E-state index in [2.05, 4.69) is 20.3 Å². The maximum absolute atomic E-state index is 16.0. The Hall–Kier alpha value is -3.25. The summed E-state index contributed by atoms with van der Waals surface area (Å²) >= 11 is 0.862. The molecule has 0 saturated carbocycles. The summed E-state index contributed by atoms with van der Waals surface area (Å²) in [4.78, 5) is 14.4. The average Bonchev–Trinajstić information content (AvgIpc) is 3.22. The molecule has 7 nitrogen and oxygen atoms in total. The molecule has 2 aromatic heterocycles. The van der Waals surface area contributed by atoms with Crippen LogP contribution in [0.25, 0.3) is 32.2 Å². The zero-order valence-corrected chi connectivity index (χ0v) is 18.1. The second kappa shape index (κ2) is 8.27. The molecule has 3 N–H and O–H groups in total. The molecule has 0 spiro atoms. The van der Waals surface area contributed by atoms with Gasteiger partial charge in [-0.15, -0.1) is 0 Å². The van der Waals surface area contributed by atoms with Crippen LogP contribution in [0.4, 0.5) is 28.5 Å². The molecule has 1 fully saturated rings. The van der Waals surface area contributed by atoms with Crippen LogP contribution in [0.3, 0.4) is 0 Å². The summed E-state index contributed by atoms with van der Waals surface area (Å²) in [6, 6.07) is 3.41. The van der Waals surface area contributed by atoms with Gasteiger partial charge in [-0.05, 0) is 18.2 Å². The minimum absolute atomic E-state index is 0.00958. The fourth-order valence-electron chi connectivity index (χ4n) is 4.06. The lowest BCUT2D eigenvalue weighted by Crippen LogP contribution is -2.44. The van der Waals surface area contributed by atoms with E-state index in [0.29, 0.717) is 32.0 Å². The number of nitrogen functional groups attached to an aromatic ring is 1. The summed E-state index contributed by atoms with van der Waals surface area (Å²) in [6.45, 7) is 2.43. The number of ether oxygens (including phenoxy) is 1. The summed E-state index contributed by atoms with van der Waals surface area (Å²) in [5, 5.41) is 3.39. The molecule has 1 aliphatic rings. The highest BCUT2D eigenvalue weighted by Crippen LogP contribution is 2.43. The number of hydrogen-bond donors (Lipinski definition) is 2. The molecular weight excluding hydrogens is 460 g/mol. The lowest BCUT2D eigenvalue weighted by Gasteiger charge is -2.29. The molecule has 5 rings (SSSR count). The molecule has 0 atom stereocenters. The van der Waals surface area contributed by atoms with Crippen LogP contribution >= 0.6 is 11.3 Å². The van der Waals surface area contributed by atoms with E-state index < -0.39 is 29.2 Å². The van der Waals surface area contributed by atoms with Crippen molar-refractivity contribution in [3.05, 3.63) is 35.4 Å². The number of hydrogen-bond acceptors (Lipinski definition) is 8. The van der Waals surface area contributed by atoms with Crippen LogP contribution in [-0.2, 0) is 0 Å². The van der Waals surface area contributed by atoms with Crippen molar-refractivity contribution in [1.82, 2.24) is 20.3 Å². The van der Waals surface area contributed by atoms with E-state index in [9.17, 15) is 13.2 Å². The quantitative estimate of drug-likeness (QED) is 0.427. The number of piperazine rings is 1. The molecule has 12 heteroatoms. The summed E-state index contributed by atoms with van der Waals surface area (Å²) in [5.74, 6) is -1.29. The van der Waals surface area contributed by atoms with Crippen molar-refractivity contribution in [2.75, 3.05) is 43.9 Å². The monoisotopic (exact) mass is 478 g/mol. The van der Waals surface area contributed by atoms with Gasteiger partial charge in [-0.2, -0.15) is 9.97 Å². The predicted octanol–water partition coefficient (Wildman–Crippen LogP) is 4.12. The molecule has 0 unspecified atom stereocenters. The number of methoxy groups -OCH3 is 1. The average molecular weight is 478 g/mol. The van der Waals surface area contributed by atoms with Gasteiger partial charge in [0.25, 0.3) is 6.43 Å². The van der Waals surface area contributed by atoms with Gasteiger partial charge in [0.15, 0.2) is 10.9 Å². The van der Waals surface area contributed by atoms with Crippen LogP contribution in [0, 0.1) is 11.6 Å². The van der Waals surface area contributed by atoms with E-state index >= 15 is 4.39 Å². The first-order valence-corrected chi connectivity index (χ1v) is 10.9. The molecule has 4 aromatic rings. The Morgan fingerprint density at radius 3 is 2.58 bits per heavy atom. The standard InChI is InChI=1S/C21H18F4N6OS/c1-32-21-29-15-11(19(30-21)31-6-4-27-5-7-31)8-10(18(24)25)13(14(15)23)9-2-3-12(22)17-16(9)28-20(26)33-17/h2-3,8,18,27H,4-7H2,1H3,(H2,26,28). The lowest BCUT2D eigenvalue weighted by atomic mass is 9.95. The summed E-state index contributed by atoms with van der Waals surface area (Å²) in [5.41, 5.74) is 4.61. The van der Waals surface area contributed by atoms with E-state index in [1.165, 1.54) is 19.2 Å². The third-order valence-electron chi connectivity index (χ3n) is 5.54. The van der Waals surface area contributed by atoms with Crippen LogP contribution in [0.5, 0.6) is 6.01 Å². The molecule has 1 saturated heterocycles. The van der Waals surface area contributed by atoms with Crippen molar-refractivity contribution < 1.29 is 22.3 Å². The summed E-state index contributed by atoms with van der Waals surface area (Å²) < 4.78 is 64.0. The minimum Gasteiger partial charge on any atom is -0.467 e. The molecule has 0 amide bonds. The van der Waals surface area contributed by atoms with Gasteiger partial charge in [-0.1, -0.05) is 11.3 Å². The number of thiazole rings is 1. The fraction of sp³-hybridized carbons (Fsp3) is 0.286. The van der Waals surface area contributed by atoms with Gasteiger partial charge in [-0.3, -0.25) is 0 Å². The van der Waals surface area contributed by atoms with Gasteiger partial charge in [0.1, 0.15) is 17.2 Å². The van der Waals surface area contributed by atoms with Crippen LogP contribution in [0.2, 0.25) is 0 Å². The molecule has 2 aromatic carbocycles. The Bertz CT molecular complexity index is 1370. The van der Waals surface area contributed by atoms with Crippen LogP contribution in [-0.4, -0.2) is 48.2 Å². The second-order valence-corrected chi connectivity index (χ2v) is 8.48. The van der Waals surface area contributed by atoms with Crippen molar-refractivity contribution in [2.45, 2.75) is 6.43 Å². The van der Waals surface area contributed by atoms with Crippen molar-refractivity contribution in [3.63, 3.8) is 0 Å². The van der Waals surface area contributed by atoms with E-state index in [0.717, 1.165) is 17.4 Å². The number of fused-ring (bicyclic) bond motifs is 2. The second-order valence-electron chi connectivity index (χ2n) is 7.45. The smallest absolute Gasteiger partial charge is 0.318 e. The maximum Gasteiger partial charge on any atom is 0.318 e. The number of alkyl halides is 2. The van der Waals surface area contributed by atoms with E-state index in [1.54, 1.807) is 0 Å². The lowest BCUT2D eigenvalue weighted by molar-refractivity contribution is 0.152. The highest BCUT2D eigenvalue weighted by molar-refractivity contribution is 7.22. The Morgan fingerprint density at radius 1 is 1.12 bits per heavy atom. The van der Waals surface area contributed by atoms with Crippen molar-refractivity contribution >= 4 is 43.4 Å². The van der Waals surface area contributed by atoms with Crippen molar-refractivity contribution in [1.29, 1.82) is 0 Å². The normalized spacial score (nSPS) is 14.5. The van der Waals surface area contributed by atoms with Crippen LogP contribution in [0.1, 0.15) is 12.0 Å². The Balaban J connectivity index is 1.85. The van der Waals surface area contributed by atoms with Gasteiger partial charge >= 0.3 is 6.01 Å².